The lowest BCUT2D eigenvalue weighted by atomic mass is 10.1. The Morgan fingerprint density at radius 3 is 2.65 bits per heavy atom. The minimum atomic E-state index is -0.126. The highest BCUT2D eigenvalue weighted by Crippen LogP contribution is 2.23. The van der Waals surface area contributed by atoms with E-state index in [1.807, 2.05) is 29.2 Å². The van der Waals surface area contributed by atoms with Gasteiger partial charge in [-0.15, -0.1) is 11.3 Å². The molecule has 0 saturated heterocycles. The van der Waals surface area contributed by atoms with Crippen LogP contribution in [0, 0.1) is 13.8 Å². The van der Waals surface area contributed by atoms with Crippen LogP contribution in [0.1, 0.15) is 26.4 Å². The molecule has 1 N–H and O–H groups in total. The summed E-state index contributed by atoms with van der Waals surface area (Å²) in [6.07, 6.45) is 1.87. The number of benzene rings is 1. The van der Waals surface area contributed by atoms with Crippen molar-refractivity contribution in [3.05, 3.63) is 67.9 Å². The molecule has 0 aliphatic heterocycles. The summed E-state index contributed by atoms with van der Waals surface area (Å²) >= 11 is 4.89. The zero-order chi connectivity index (χ0) is 16.4. The minimum absolute atomic E-state index is 0.126. The molecule has 0 radical (unpaired) electrons. The van der Waals surface area contributed by atoms with Crippen molar-refractivity contribution < 1.29 is 4.79 Å². The van der Waals surface area contributed by atoms with Crippen LogP contribution in [0.2, 0.25) is 0 Å². The molecule has 2 aromatic heterocycles. The first-order chi connectivity index (χ1) is 11.0. The molecule has 0 unspecified atom stereocenters. The molecule has 0 saturated carbocycles. The zero-order valence-electron chi connectivity index (χ0n) is 12.8. The largest absolute Gasteiger partial charge is 0.303 e. The summed E-state index contributed by atoms with van der Waals surface area (Å²) in [6.45, 7) is 4.65. The van der Waals surface area contributed by atoms with Crippen molar-refractivity contribution in [1.82, 2.24) is 9.78 Å². The van der Waals surface area contributed by atoms with Crippen molar-refractivity contribution in [2.45, 2.75) is 20.4 Å². The Hall–Kier alpha value is -1.92. The number of carbonyl (C=O) groups is 1. The van der Waals surface area contributed by atoms with Crippen LogP contribution >= 0.6 is 27.3 Å². The van der Waals surface area contributed by atoms with E-state index in [-0.39, 0.29) is 5.91 Å². The molecule has 0 spiro atoms. The molecule has 1 aromatic carbocycles. The fourth-order valence-corrected chi connectivity index (χ4v) is 3.45. The van der Waals surface area contributed by atoms with Gasteiger partial charge >= 0.3 is 0 Å². The van der Waals surface area contributed by atoms with Crippen molar-refractivity contribution in [2.24, 2.45) is 0 Å². The van der Waals surface area contributed by atoms with E-state index >= 15 is 0 Å². The van der Waals surface area contributed by atoms with E-state index in [2.05, 4.69) is 57.5 Å². The number of hydrogen-bond donors (Lipinski definition) is 1. The maximum absolute atomic E-state index is 12.3. The molecular weight excluding hydrogens is 374 g/mol. The SMILES string of the molecule is Cc1ccc(Cn2cc(Br)c(NC(=O)c3sccc3C)n2)cc1. The fourth-order valence-electron chi connectivity index (χ4n) is 2.21. The van der Waals surface area contributed by atoms with Gasteiger partial charge < -0.3 is 5.32 Å². The number of carbonyl (C=O) groups excluding carboxylic acids is 1. The Morgan fingerprint density at radius 1 is 1.26 bits per heavy atom. The van der Waals surface area contributed by atoms with Crippen molar-refractivity contribution in [2.75, 3.05) is 5.32 Å². The number of aromatic nitrogens is 2. The number of nitrogens with zero attached hydrogens (tertiary/aromatic N) is 2. The van der Waals surface area contributed by atoms with E-state index in [1.54, 1.807) is 0 Å². The van der Waals surface area contributed by atoms with Crippen molar-refractivity contribution in [3.63, 3.8) is 0 Å². The second-order valence-electron chi connectivity index (χ2n) is 5.40. The number of halogens is 1. The average molecular weight is 390 g/mol. The number of nitrogens with one attached hydrogen (secondary N) is 1. The Labute approximate surface area is 147 Å². The van der Waals surface area contributed by atoms with E-state index in [4.69, 9.17) is 0 Å². The molecule has 0 aliphatic carbocycles. The molecule has 0 fully saturated rings. The van der Waals surface area contributed by atoms with E-state index in [0.717, 1.165) is 15.6 Å². The van der Waals surface area contributed by atoms with Crippen LogP contribution in [0.25, 0.3) is 0 Å². The van der Waals surface area contributed by atoms with Gasteiger partial charge in [0.15, 0.2) is 5.82 Å². The number of aryl methyl sites for hydroxylation is 2. The third-order valence-corrected chi connectivity index (χ3v) is 5.08. The van der Waals surface area contributed by atoms with Gasteiger partial charge in [-0.2, -0.15) is 5.10 Å². The van der Waals surface area contributed by atoms with Crippen LogP contribution in [0.5, 0.6) is 0 Å². The van der Waals surface area contributed by atoms with Gasteiger partial charge in [-0.25, -0.2) is 0 Å². The predicted molar refractivity (Wildman–Crippen MR) is 97.2 cm³/mol. The molecule has 1 amide bonds. The highest BCUT2D eigenvalue weighted by atomic mass is 79.9. The summed E-state index contributed by atoms with van der Waals surface area (Å²) in [4.78, 5) is 13.0. The predicted octanol–water partition coefficient (Wildman–Crippen LogP) is 4.62. The van der Waals surface area contributed by atoms with Gasteiger partial charge in [0.1, 0.15) is 0 Å². The Bertz CT molecular complexity index is 836. The highest BCUT2D eigenvalue weighted by molar-refractivity contribution is 9.10. The molecule has 3 rings (SSSR count). The normalized spacial score (nSPS) is 10.7. The maximum atomic E-state index is 12.3. The number of amides is 1. The van der Waals surface area contributed by atoms with Gasteiger partial charge in [0.25, 0.3) is 5.91 Å². The smallest absolute Gasteiger partial charge is 0.267 e. The molecule has 6 heteroatoms. The van der Waals surface area contributed by atoms with E-state index < -0.39 is 0 Å². The summed E-state index contributed by atoms with van der Waals surface area (Å²) in [5, 5.41) is 9.22. The standard InChI is InChI=1S/C17H16BrN3OS/c1-11-3-5-13(6-4-11)9-21-10-14(18)16(20-21)19-17(22)15-12(2)7-8-23-15/h3-8,10H,9H2,1-2H3,(H,19,20,22). The Kier molecular flexibility index (Phi) is 4.63. The van der Waals surface area contributed by atoms with Crippen LogP contribution < -0.4 is 5.32 Å². The maximum Gasteiger partial charge on any atom is 0.267 e. The van der Waals surface area contributed by atoms with Crippen molar-refractivity contribution in [1.29, 1.82) is 0 Å². The Balaban J connectivity index is 1.74. The van der Waals surface area contributed by atoms with E-state index in [1.165, 1.54) is 16.9 Å². The summed E-state index contributed by atoms with van der Waals surface area (Å²) in [5.74, 6) is 0.411. The second-order valence-corrected chi connectivity index (χ2v) is 7.17. The summed E-state index contributed by atoms with van der Waals surface area (Å²) in [6, 6.07) is 10.3. The lowest BCUT2D eigenvalue weighted by Crippen LogP contribution is -2.12. The first kappa shape index (κ1) is 16.0. The molecular formula is C17H16BrN3OS. The zero-order valence-corrected chi connectivity index (χ0v) is 15.2. The van der Waals surface area contributed by atoms with Gasteiger partial charge in [-0.1, -0.05) is 29.8 Å². The topological polar surface area (TPSA) is 46.9 Å². The second kappa shape index (κ2) is 6.68. The number of thiophene rings is 1. The molecule has 0 atom stereocenters. The van der Waals surface area contributed by atoms with Crippen LogP contribution in [0.3, 0.4) is 0 Å². The molecule has 23 heavy (non-hydrogen) atoms. The van der Waals surface area contributed by atoms with Gasteiger partial charge in [0.05, 0.1) is 15.9 Å². The third-order valence-electron chi connectivity index (χ3n) is 3.48. The van der Waals surface area contributed by atoms with Gasteiger partial charge in [-0.3, -0.25) is 9.48 Å². The Morgan fingerprint density at radius 2 is 2.00 bits per heavy atom. The van der Waals surface area contributed by atoms with E-state index in [9.17, 15) is 4.79 Å². The van der Waals surface area contributed by atoms with Gasteiger partial charge in [0.2, 0.25) is 0 Å². The van der Waals surface area contributed by atoms with Crippen molar-refractivity contribution >= 4 is 39.0 Å². The third kappa shape index (κ3) is 3.71. The lowest BCUT2D eigenvalue weighted by Gasteiger charge is -2.03. The molecule has 3 aromatic rings. The van der Waals surface area contributed by atoms with Crippen LogP contribution in [0.4, 0.5) is 5.82 Å². The fraction of sp³-hybridized carbons (Fsp3) is 0.176. The lowest BCUT2D eigenvalue weighted by molar-refractivity contribution is 0.102. The highest BCUT2D eigenvalue weighted by Gasteiger charge is 2.14. The summed E-state index contributed by atoms with van der Waals surface area (Å²) < 4.78 is 2.58. The first-order valence-electron chi connectivity index (χ1n) is 7.17. The number of anilines is 1. The van der Waals surface area contributed by atoms with Crippen LogP contribution in [-0.2, 0) is 6.54 Å². The molecule has 4 nitrogen and oxygen atoms in total. The average Bonchev–Trinajstić information content (AvgIpc) is 3.08. The monoisotopic (exact) mass is 389 g/mol. The van der Waals surface area contributed by atoms with Gasteiger partial charge in [-0.05, 0) is 52.4 Å². The van der Waals surface area contributed by atoms with Crippen LogP contribution in [-0.4, -0.2) is 15.7 Å². The number of rotatable bonds is 4. The molecule has 0 aliphatic rings. The molecule has 0 bridgehead atoms. The quantitative estimate of drug-likeness (QED) is 0.707. The summed E-state index contributed by atoms with van der Waals surface area (Å²) in [5.41, 5.74) is 3.37. The van der Waals surface area contributed by atoms with Crippen molar-refractivity contribution in [3.8, 4) is 0 Å². The van der Waals surface area contributed by atoms with Gasteiger partial charge in [0, 0.05) is 6.20 Å². The van der Waals surface area contributed by atoms with E-state index in [0.29, 0.717) is 17.2 Å². The van der Waals surface area contributed by atoms with Crippen LogP contribution in [0.15, 0.2) is 46.4 Å². The first-order valence-corrected chi connectivity index (χ1v) is 8.84. The summed E-state index contributed by atoms with van der Waals surface area (Å²) in [7, 11) is 0. The molecule has 2 heterocycles. The minimum Gasteiger partial charge on any atom is -0.303 e. The molecule has 118 valence electrons. The number of hydrogen-bond acceptors (Lipinski definition) is 3.